The Balaban J connectivity index is 1.55. The summed E-state index contributed by atoms with van der Waals surface area (Å²) < 4.78 is 11.3. The summed E-state index contributed by atoms with van der Waals surface area (Å²) >= 11 is 6.25. The quantitative estimate of drug-likeness (QED) is 0.606. The van der Waals surface area contributed by atoms with Gasteiger partial charge < -0.3 is 14.8 Å². The fourth-order valence-corrected chi connectivity index (χ4v) is 3.38. The topological polar surface area (TPSA) is 76.6 Å². The first kappa shape index (κ1) is 21.2. The Morgan fingerprint density at radius 2 is 1.84 bits per heavy atom. The zero-order valence-corrected chi connectivity index (χ0v) is 17.7. The van der Waals surface area contributed by atoms with Gasteiger partial charge in [0.15, 0.2) is 5.82 Å². The van der Waals surface area contributed by atoms with Gasteiger partial charge in [0.1, 0.15) is 11.3 Å². The normalized spacial score (nSPS) is 14.2. The summed E-state index contributed by atoms with van der Waals surface area (Å²) in [5.74, 6) is 0.748. The Morgan fingerprint density at radius 1 is 1.10 bits per heavy atom. The van der Waals surface area contributed by atoms with E-state index in [0.717, 1.165) is 38.4 Å². The fourth-order valence-electron chi connectivity index (χ4n) is 3.21. The third-order valence-electron chi connectivity index (χ3n) is 4.89. The largest absolute Gasteiger partial charge is 0.436 e. The highest BCUT2D eigenvalue weighted by Gasteiger charge is 2.19. The van der Waals surface area contributed by atoms with Crippen molar-refractivity contribution in [2.45, 2.75) is 0 Å². The second-order valence-corrected chi connectivity index (χ2v) is 7.43. The molecule has 1 aromatic heterocycles. The number of hydrogen-bond donors (Lipinski definition) is 1. The van der Waals surface area contributed by atoms with Gasteiger partial charge in [0.25, 0.3) is 5.91 Å². The van der Waals surface area contributed by atoms with Crippen LogP contribution in [0.3, 0.4) is 0 Å². The van der Waals surface area contributed by atoms with Gasteiger partial charge in [-0.2, -0.15) is 4.98 Å². The van der Waals surface area contributed by atoms with Crippen molar-refractivity contribution < 1.29 is 14.3 Å². The molecule has 160 valence electrons. The van der Waals surface area contributed by atoms with Crippen molar-refractivity contribution in [3.05, 3.63) is 71.4 Å². The van der Waals surface area contributed by atoms with Crippen molar-refractivity contribution in [2.75, 3.05) is 39.4 Å². The molecule has 31 heavy (non-hydrogen) atoms. The molecule has 0 spiro atoms. The number of benzene rings is 2. The molecule has 0 aliphatic carbocycles. The molecule has 2 aromatic carbocycles. The molecule has 2 heterocycles. The predicted octanol–water partition coefficient (Wildman–Crippen LogP) is 3.65. The van der Waals surface area contributed by atoms with Crippen molar-refractivity contribution in [1.29, 1.82) is 0 Å². The maximum atomic E-state index is 12.9. The average Bonchev–Trinajstić information content (AvgIpc) is 2.82. The minimum Gasteiger partial charge on any atom is -0.436 e. The molecule has 3 aromatic rings. The lowest BCUT2D eigenvalue weighted by Crippen LogP contribution is -2.41. The Morgan fingerprint density at radius 3 is 2.61 bits per heavy atom. The van der Waals surface area contributed by atoms with Crippen LogP contribution >= 0.6 is 11.6 Å². The van der Waals surface area contributed by atoms with E-state index in [4.69, 9.17) is 21.1 Å². The lowest BCUT2D eigenvalue weighted by Gasteiger charge is -2.26. The minimum absolute atomic E-state index is 0.158. The Labute approximate surface area is 186 Å². The van der Waals surface area contributed by atoms with Crippen molar-refractivity contribution in [3.63, 3.8) is 0 Å². The van der Waals surface area contributed by atoms with Gasteiger partial charge in [-0.3, -0.25) is 9.69 Å². The average molecular weight is 439 g/mol. The first-order chi connectivity index (χ1) is 15.2. The van der Waals surface area contributed by atoms with Gasteiger partial charge in [0, 0.05) is 37.9 Å². The van der Waals surface area contributed by atoms with Crippen LogP contribution in [-0.4, -0.2) is 60.2 Å². The van der Waals surface area contributed by atoms with Gasteiger partial charge in [-0.05, 0) is 12.1 Å². The molecule has 0 atom stereocenters. The van der Waals surface area contributed by atoms with Crippen LogP contribution in [0.1, 0.15) is 10.4 Å². The standard InChI is InChI=1S/C23H23ClN4O3/c24-19-8-4-5-9-20(19)31-23-18(16-26-21(27-23)17-6-2-1-3-7-17)22(29)25-10-11-28-12-14-30-15-13-28/h1-9,16H,10-15H2,(H,25,29). The fraction of sp³-hybridized carbons (Fsp3) is 0.261. The molecule has 1 N–H and O–H groups in total. The number of carbonyl (C=O) groups is 1. The Kier molecular flexibility index (Phi) is 7.09. The summed E-state index contributed by atoms with van der Waals surface area (Å²) in [5, 5.41) is 3.36. The zero-order valence-electron chi connectivity index (χ0n) is 17.0. The van der Waals surface area contributed by atoms with E-state index in [1.807, 2.05) is 42.5 Å². The van der Waals surface area contributed by atoms with Crippen LogP contribution < -0.4 is 10.1 Å². The Hall–Kier alpha value is -3.00. The smallest absolute Gasteiger partial charge is 0.258 e. The Bertz CT molecular complexity index is 1030. The van der Waals surface area contributed by atoms with Crippen LogP contribution in [0.25, 0.3) is 11.4 Å². The number of aromatic nitrogens is 2. The van der Waals surface area contributed by atoms with Crippen LogP contribution in [0, 0.1) is 0 Å². The number of morpholine rings is 1. The molecule has 1 saturated heterocycles. The molecule has 1 amide bonds. The molecule has 0 saturated carbocycles. The highest BCUT2D eigenvalue weighted by molar-refractivity contribution is 6.32. The van der Waals surface area contributed by atoms with Crippen LogP contribution in [0.5, 0.6) is 11.6 Å². The molecule has 0 radical (unpaired) electrons. The van der Waals surface area contributed by atoms with Crippen molar-refractivity contribution in [2.24, 2.45) is 0 Å². The van der Waals surface area contributed by atoms with Crippen LogP contribution in [-0.2, 0) is 4.74 Å². The summed E-state index contributed by atoms with van der Waals surface area (Å²) in [4.78, 5) is 24.0. The van der Waals surface area contributed by atoms with Crippen molar-refractivity contribution in [3.8, 4) is 23.0 Å². The summed E-state index contributed by atoms with van der Waals surface area (Å²) in [7, 11) is 0. The number of ether oxygens (including phenoxy) is 2. The number of nitrogens with one attached hydrogen (secondary N) is 1. The third-order valence-corrected chi connectivity index (χ3v) is 5.20. The second-order valence-electron chi connectivity index (χ2n) is 7.02. The molecule has 0 unspecified atom stereocenters. The minimum atomic E-state index is -0.296. The number of rotatable bonds is 7. The highest BCUT2D eigenvalue weighted by atomic mass is 35.5. The van der Waals surface area contributed by atoms with E-state index in [2.05, 4.69) is 20.2 Å². The molecule has 4 rings (SSSR count). The first-order valence-corrected chi connectivity index (χ1v) is 10.5. The van der Waals surface area contributed by atoms with E-state index in [9.17, 15) is 4.79 Å². The van der Waals surface area contributed by atoms with Gasteiger partial charge in [-0.15, -0.1) is 0 Å². The molecular weight excluding hydrogens is 416 g/mol. The van der Waals surface area contributed by atoms with Crippen LogP contribution in [0.2, 0.25) is 5.02 Å². The predicted molar refractivity (Wildman–Crippen MR) is 119 cm³/mol. The lowest BCUT2D eigenvalue weighted by atomic mass is 10.2. The summed E-state index contributed by atoms with van der Waals surface area (Å²) in [6.07, 6.45) is 1.49. The van der Waals surface area contributed by atoms with Crippen molar-refractivity contribution >= 4 is 17.5 Å². The summed E-state index contributed by atoms with van der Waals surface area (Å²) in [6, 6.07) is 16.6. The van der Waals surface area contributed by atoms with Gasteiger partial charge in [0.05, 0.1) is 18.2 Å². The molecular formula is C23H23ClN4O3. The molecule has 1 fully saturated rings. The number of para-hydroxylation sites is 1. The first-order valence-electron chi connectivity index (χ1n) is 10.1. The lowest BCUT2D eigenvalue weighted by molar-refractivity contribution is 0.0383. The highest BCUT2D eigenvalue weighted by Crippen LogP contribution is 2.30. The number of halogens is 1. The molecule has 8 heteroatoms. The van der Waals surface area contributed by atoms with Gasteiger partial charge in [-0.25, -0.2) is 4.98 Å². The molecule has 0 bridgehead atoms. The maximum absolute atomic E-state index is 12.9. The summed E-state index contributed by atoms with van der Waals surface area (Å²) in [5.41, 5.74) is 1.08. The zero-order chi connectivity index (χ0) is 21.5. The van der Waals surface area contributed by atoms with E-state index in [1.54, 1.807) is 12.1 Å². The number of hydrogen-bond acceptors (Lipinski definition) is 6. The number of carbonyl (C=O) groups excluding carboxylic acids is 1. The van der Waals surface area contributed by atoms with Gasteiger partial charge in [0.2, 0.25) is 5.88 Å². The summed E-state index contributed by atoms with van der Waals surface area (Å²) in [6.45, 7) is 4.43. The van der Waals surface area contributed by atoms with Crippen LogP contribution in [0.15, 0.2) is 60.8 Å². The van der Waals surface area contributed by atoms with Crippen LogP contribution in [0.4, 0.5) is 0 Å². The van der Waals surface area contributed by atoms with E-state index < -0.39 is 0 Å². The SMILES string of the molecule is O=C(NCCN1CCOCC1)c1cnc(-c2ccccc2)nc1Oc1ccccc1Cl. The van der Waals surface area contributed by atoms with E-state index in [1.165, 1.54) is 6.20 Å². The van der Waals surface area contributed by atoms with E-state index in [0.29, 0.717) is 23.1 Å². The number of amides is 1. The van der Waals surface area contributed by atoms with E-state index in [-0.39, 0.29) is 17.4 Å². The number of nitrogens with zero attached hydrogens (tertiary/aromatic N) is 3. The monoisotopic (exact) mass is 438 g/mol. The molecule has 7 nitrogen and oxygen atoms in total. The van der Waals surface area contributed by atoms with Crippen molar-refractivity contribution in [1.82, 2.24) is 20.2 Å². The third kappa shape index (κ3) is 5.58. The molecule has 1 aliphatic heterocycles. The van der Waals surface area contributed by atoms with Gasteiger partial charge >= 0.3 is 0 Å². The van der Waals surface area contributed by atoms with E-state index >= 15 is 0 Å². The van der Waals surface area contributed by atoms with Gasteiger partial charge in [-0.1, -0.05) is 54.1 Å². The second kappa shape index (κ2) is 10.3. The maximum Gasteiger partial charge on any atom is 0.258 e. The molecule has 1 aliphatic rings.